The van der Waals surface area contributed by atoms with Gasteiger partial charge in [0.05, 0.1) is 5.69 Å². The molecule has 0 aromatic heterocycles. The van der Waals surface area contributed by atoms with Gasteiger partial charge in [-0.25, -0.2) is 13.2 Å². The maximum Gasteiger partial charge on any atom is 0.313 e. The second-order valence-electron chi connectivity index (χ2n) is 4.85. The minimum atomic E-state index is -1.72. The number of aryl methyl sites for hydroxylation is 1. The summed E-state index contributed by atoms with van der Waals surface area (Å²) in [6.45, 7) is 1.98. The topological polar surface area (TPSA) is 58.2 Å². The van der Waals surface area contributed by atoms with Crippen LogP contribution in [0.25, 0.3) is 0 Å². The van der Waals surface area contributed by atoms with Gasteiger partial charge in [0.2, 0.25) is 0 Å². The van der Waals surface area contributed by atoms with E-state index in [4.69, 9.17) is 0 Å². The van der Waals surface area contributed by atoms with Crippen molar-refractivity contribution in [3.05, 3.63) is 65.0 Å². The van der Waals surface area contributed by atoms with E-state index in [0.29, 0.717) is 6.07 Å². The fourth-order valence-corrected chi connectivity index (χ4v) is 1.89. The van der Waals surface area contributed by atoms with Crippen LogP contribution in [-0.2, 0) is 16.1 Å². The van der Waals surface area contributed by atoms with Gasteiger partial charge < -0.3 is 10.6 Å². The molecule has 0 heterocycles. The molecule has 0 saturated heterocycles. The van der Waals surface area contributed by atoms with Crippen molar-refractivity contribution in [2.24, 2.45) is 0 Å². The Morgan fingerprint density at radius 1 is 1.00 bits per heavy atom. The molecule has 0 unspecified atom stereocenters. The lowest BCUT2D eigenvalue weighted by Gasteiger charge is -2.08. The minimum Gasteiger partial charge on any atom is -0.344 e. The molecule has 0 aliphatic rings. The summed E-state index contributed by atoms with van der Waals surface area (Å²) < 4.78 is 39.3. The molecule has 0 fully saturated rings. The fraction of sp³-hybridized carbons (Fsp3) is 0.125. The Balaban J connectivity index is 1.98. The Morgan fingerprint density at radius 2 is 1.74 bits per heavy atom. The van der Waals surface area contributed by atoms with Crippen LogP contribution in [0.1, 0.15) is 11.1 Å². The van der Waals surface area contributed by atoms with Gasteiger partial charge in [-0.2, -0.15) is 0 Å². The molecule has 0 bridgehead atoms. The van der Waals surface area contributed by atoms with Crippen molar-refractivity contribution >= 4 is 17.5 Å². The standard InChI is InChI=1S/C16H13F3N2O2/c1-9-3-2-4-10(7-9)8-20-15(22)16(23)21-12-6-5-11(17)13(18)14(12)19/h2-7H,8H2,1H3,(H,20,22)(H,21,23). The molecule has 2 aromatic rings. The van der Waals surface area contributed by atoms with E-state index < -0.39 is 35.0 Å². The molecule has 2 amide bonds. The van der Waals surface area contributed by atoms with E-state index in [0.717, 1.165) is 17.2 Å². The first-order valence-corrected chi connectivity index (χ1v) is 6.66. The lowest BCUT2D eigenvalue weighted by Crippen LogP contribution is -2.35. The van der Waals surface area contributed by atoms with Crippen molar-refractivity contribution in [1.82, 2.24) is 5.32 Å². The summed E-state index contributed by atoms with van der Waals surface area (Å²) in [4.78, 5) is 23.3. The van der Waals surface area contributed by atoms with Gasteiger partial charge in [0, 0.05) is 6.54 Å². The number of benzene rings is 2. The van der Waals surface area contributed by atoms with E-state index in [1.165, 1.54) is 0 Å². The third kappa shape index (κ3) is 4.09. The fourth-order valence-electron chi connectivity index (χ4n) is 1.89. The maximum atomic E-state index is 13.4. The molecular formula is C16H13F3N2O2. The van der Waals surface area contributed by atoms with Gasteiger partial charge in [0.15, 0.2) is 17.5 Å². The third-order valence-corrected chi connectivity index (χ3v) is 3.03. The molecule has 0 radical (unpaired) electrons. The molecule has 23 heavy (non-hydrogen) atoms. The Kier molecular flexibility index (Phi) is 5.00. The van der Waals surface area contributed by atoms with Gasteiger partial charge in [-0.15, -0.1) is 0 Å². The van der Waals surface area contributed by atoms with Crippen molar-refractivity contribution in [1.29, 1.82) is 0 Å². The number of amides is 2. The molecule has 0 aliphatic heterocycles. The molecule has 2 aromatic carbocycles. The number of hydrogen-bond acceptors (Lipinski definition) is 2. The smallest absolute Gasteiger partial charge is 0.313 e. The number of carbonyl (C=O) groups is 2. The summed E-state index contributed by atoms with van der Waals surface area (Å²) in [6.07, 6.45) is 0. The van der Waals surface area contributed by atoms with Crippen LogP contribution in [0.15, 0.2) is 36.4 Å². The molecule has 0 saturated carbocycles. The molecule has 2 rings (SSSR count). The van der Waals surface area contributed by atoms with Gasteiger partial charge in [-0.1, -0.05) is 29.8 Å². The lowest BCUT2D eigenvalue weighted by atomic mass is 10.1. The van der Waals surface area contributed by atoms with E-state index in [1.807, 2.05) is 24.4 Å². The number of carbonyl (C=O) groups excluding carboxylic acids is 2. The molecule has 7 heteroatoms. The van der Waals surface area contributed by atoms with Crippen molar-refractivity contribution in [3.8, 4) is 0 Å². The van der Waals surface area contributed by atoms with Crippen molar-refractivity contribution < 1.29 is 22.8 Å². The molecule has 4 nitrogen and oxygen atoms in total. The highest BCUT2D eigenvalue weighted by Crippen LogP contribution is 2.19. The van der Waals surface area contributed by atoms with Crippen LogP contribution in [-0.4, -0.2) is 11.8 Å². The maximum absolute atomic E-state index is 13.4. The normalized spacial score (nSPS) is 10.3. The first-order valence-electron chi connectivity index (χ1n) is 6.66. The van der Waals surface area contributed by atoms with E-state index in [9.17, 15) is 22.8 Å². The van der Waals surface area contributed by atoms with Crippen LogP contribution in [0.2, 0.25) is 0 Å². The van der Waals surface area contributed by atoms with E-state index in [2.05, 4.69) is 5.32 Å². The van der Waals surface area contributed by atoms with Crippen LogP contribution in [0.3, 0.4) is 0 Å². The van der Waals surface area contributed by atoms with Crippen LogP contribution in [0.4, 0.5) is 18.9 Å². The van der Waals surface area contributed by atoms with Gasteiger partial charge in [-0.05, 0) is 24.6 Å². The molecule has 0 aliphatic carbocycles. The summed E-state index contributed by atoms with van der Waals surface area (Å²) in [5.41, 5.74) is 1.16. The molecule has 0 spiro atoms. The van der Waals surface area contributed by atoms with Crippen molar-refractivity contribution in [2.75, 3.05) is 5.32 Å². The summed E-state index contributed by atoms with van der Waals surface area (Å²) in [5, 5.41) is 4.24. The number of anilines is 1. The van der Waals surface area contributed by atoms with Gasteiger partial charge in [0.1, 0.15) is 0 Å². The van der Waals surface area contributed by atoms with Crippen molar-refractivity contribution in [3.63, 3.8) is 0 Å². The molecule has 0 atom stereocenters. The molecule has 120 valence electrons. The largest absolute Gasteiger partial charge is 0.344 e. The average molecular weight is 322 g/mol. The zero-order chi connectivity index (χ0) is 17.0. The average Bonchev–Trinajstić information content (AvgIpc) is 2.53. The van der Waals surface area contributed by atoms with E-state index >= 15 is 0 Å². The summed E-state index contributed by atoms with van der Waals surface area (Å²) >= 11 is 0. The quantitative estimate of drug-likeness (QED) is 0.674. The predicted octanol–water partition coefficient (Wildman–Crippen LogP) is 2.67. The van der Waals surface area contributed by atoms with Crippen LogP contribution < -0.4 is 10.6 Å². The van der Waals surface area contributed by atoms with Gasteiger partial charge in [0.25, 0.3) is 0 Å². The summed E-state index contributed by atoms with van der Waals surface area (Å²) in [5.74, 6) is -6.87. The summed E-state index contributed by atoms with van der Waals surface area (Å²) in [7, 11) is 0. The predicted molar refractivity (Wildman–Crippen MR) is 78.0 cm³/mol. The highest BCUT2D eigenvalue weighted by molar-refractivity contribution is 6.39. The third-order valence-electron chi connectivity index (χ3n) is 3.03. The van der Waals surface area contributed by atoms with E-state index in [1.54, 1.807) is 12.1 Å². The Hall–Kier alpha value is -2.83. The Bertz CT molecular complexity index is 763. The van der Waals surface area contributed by atoms with Gasteiger partial charge >= 0.3 is 11.8 Å². The van der Waals surface area contributed by atoms with Crippen LogP contribution >= 0.6 is 0 Å². The number of nitrogens with one attached hydrogen (secondary N) is 2. The zero-order valence-corrected chi connectivity index (χ0v) is 12.1. The number of rotatable bonds is 3. The number of halogens is 3. The Labute approximate surface area is 130 Å². The minimum absolute atomic E-state index is 0.105. The first-order chi connectivity index (χ1) is 10.9. The second-order valence-corrected chi connectivity index (χ2v) is 4.85. The zero-order valence-electron chi connectivity index (χ0n) is 12.1. The first kappa shape index (κ1) is 16.5. The summed E-state index contributed by atoms with van der Waals surface area (Å²) in [6, 6.07) is 8.75. The Morgan fingerprint density at radius 3 is 2.43 bits per heavy atom. The van der Waals surface area contributed by atoms with Gasteiger partial charge in [-0.3, -0.25) is 9.59 Å². The van der Waals surface area contributed by atoms with Crippen LogP contribution in [0.5, 0.6) is 0 Å². The monoisotopic (exact) mass is 322 g/mol. The lowest BCUT2D eigenvalue weighted by molar-refractivity contribution is -0.136. The number of hydrogen-bond donors (Lipinski definition) is 2. The van der Waals surface area contributed by atoms with Crippen molar-refractivity contribution in [2.45, 2.75) is 13.5 Å². The second kappa shape index (κ2) is 6.95. The molecular weight excluding hydrogens is 309 g/mol. The van der Waals surface area contributed by atoms with E-state index in [-0.39, 0.29) is 6.54 Å². The highest BCUT2D eigenvalue weighted by Gasteiger charge is 2.19. The molecule has 2 N–H and O–H groups in total. The SMILES string of the molecule is Cc1cccc(CNC(=O)C(=O)Nc2ccc(F)c(F)c2F)c1. The van der Waals surface area contributed by atoms with Crippen LogP contribution in [0, 0.1) is 24.4 Å². The highest BCUT2D eigenvalue weighted by atomic mass is 19.2.